The molecule has 1 aliphatic heterocycles. The first-order valence-corrected chi connectivity index (χ1v) is 7.57. The van der Waals surface area contributed by atoms with Gasteiger partial charge in [-0.3, -0.25) is 19.6 Å². The van der Waals surface area contributed by atoms with Gasteiger partial charge in [0.2, 0.25) is 5.91 Å². The zero-order valence-electron chi connectivity index (χ0n) is 12.3. The quantitative estimate of drug-likeness (QED) is 0.928. The molecule has 1 atom stereocenters. The van der Waals surface area contributed by atoms with E-state index in [2.05, 4.69) is 9.97 Å². The number of nitrogens with zero attached hydrogens (tertiary/aromatic N) is 3. The molecule has 2 N–H and O–H groups in total. The molecule has 0 spiro atoms. The van der Waals surface area contributed by atoms with Gasteiger partial charge in [-0.2, -0.15) is 0 Å². The van der Waals surface area contributed by atoms with Crippen LogP contribution < -0.4 is 5.73 Å². The number of halogens is 1. The second kappa shape index (κ2) is 5.96. The number of carbonyl (C=O) groups is 2. The van der Waals surface area contributed by atoms with Crippen molar-refractivity contribution < 1.29 is 9.59 Å². The van der Waals surface area contributed by atoms with Crippen LogP contribution in [0.2, 0.25) is 5.02 Å². The highest BCUT2D eigenvalue weighted by molar-refractivity contribution is 6.30. The molecule has 2 heterocycles. The molecule has 7 heteroatoms. The first-order chi connectivity index (χ1) is 11.1. The van der Waals surface area contributed by atoms with E-state index >= 15 is 0 Å². The fourth-order valence-electron chi connectivity index (χ4n) is 3.00. The lowest BCUT2D eigenvalue weighted by Gasteiger charge is -2.35. The molecule has 2 aromatic rings. The zero-order chi connectivity index (χ0) is 16.4. The topological polar surface area (TPSA) is 89.2 Å². The normalized spacial score (nSPS) is 20.5. The van der Waals surface area contributed by atoms with Gasteiger partial charge in [0.05, 0.1) is 11.9 Å². The number of carbonyl (C=O) groups excluding carboxylic acids is 2. The summed E-state index contributed by atoms with van der Waals surface area (Å²) in [4.78, 5) is 34.9. The summed E-state index contributed by atoms with van der Waals surface area (Å²) in [5, 5.41) is 0.540. The van der Waals surface area contributed by atoms with Gasteiger partial charge in [-0.25, -0.2) is 0 Å². The zero-order valence-corrected chi connectivity index (χ0v) is 13.0. The maximum absolute atomic E-state index is 12.9. The summed E-state index contributed by atoms with van der Waals surface area (Å²) in [5.41, 5.74) is 5.26. The fraction of sp³-hybridized carbons (Fsp3) is 0.250. The van der Waals surface area contributed by atoms with Crippen LogP contribution in [0.1, 0.15) is 28.9 Å². The number of hydrogen-bond acceptors (Lipinski definition) is 4. The standard InChI is InChI=1S/C16H15ClN4O2/c17-12-4-2-11(3-5-12)14(22)21-9-1-6-16(21,15(18)23)13-10-19-7-8-20-13/h2-5,7-8,10H,1,6,9H2,(H2,18,23). The van der Waals surface area contributed by atoms with Gasteiger partial charge in [-0.15, -0.1) is 0 Å². The van der Waals surface area contributed by atoms with Gasteiger partial charge in [0.25, 0.3) is 5.91 Å². The van der Waals surface area contributed by atoms with Gasteiger partial charge in [0, 0.05) is 29.5 Å². The van der Waals surface area contributed by atoms with E-state index in [-0.39, 0.29) is 5.91 Å². The minimum absolute atomic E-state index is 0.274. The monoisotopic (exact) mass is 330 g/mol. The fourth-order valence-corrected chi connectivity index (χ4v) is 3.13. The largest absolute Gasteiger partial charge is 0.367 e. The number of nitrogens with two attached hydrogens (primary N) is 1. The first kappa shape index (κ1) is 15.4. The molecule has 0 bridgehead atoms. The molecule has 23 heavy (non-hydrogen) atoms. The Hall–Kier alpha value is -2.47. The predicted molar refractivity (Wildman–Crippen MR) is 84.6 cm³/mol. The van der Waals surface area contributed by atoms with E-state index in [4.69, 9.17) is 17.3 Å². The Morgan fingerprint density at radius 2 is 1.96 bits per heavy atom. The SMILES string of the molecule is NC(=O)C1(c2cnccn2)CCCN1C(=O)c1ccc(Cl)cc1. The van der Waals surface area contributed by atoms with Crippen LogP contribution in [0.4, 0.5) is 0 Å². The summed E-state index contributed by atoms with van der Waals surface area (Å²) in [6.07, 6.45) is 5.58. The van der Waals surface area contributed by atoms with E-state index < -0.39 is 11.4 Å². The van der Waals surface area contributed by atoms with Gasteiger partial charge >= 0.3 is 0 Å². The number of likely N-dealkylation sites (tertiary alicyclic amines) is 1. The summed E-state index contributed by atoms with van der Waals surface area (Å²) in [7, 11) is 0. The van der Waals surface area contributed by atoms with Gasteiger partial charge < -0.3 is 10.6 Å². The molecule has 1 fully saturated rings. The van der Waals surface area contributed by atoms with Crippen molar-refractivity contribution in [2.24, 2.45) is 5.73 Å². The Kier molecular flexibility index (Phi) is 4.00. The molecule has 1 saturated heterocycles. The Labute approximate surface area is 138 Å². The lowest BCUT2D eigenvalue weighted by molar-refractivity contribution is -0.128. The van der Waals surface area contributed by atoms with Crippen molar-refractivity contribution in [3.63, 3.8) is 0 Å². The molecular weight excluding hydrogens is 316 g/mol. The van der Waals surface area contributed by atoms with Crippen molar-refractivity contribution in [3.8, 4) is 0 Å². The number of amides is 2. The summed E-state index contributed by atoms with van der Waals surface area (Å²) < 4.78 is 0. The van der Waals surface area contributed by atoms with E-state index in [9.17, 15) is 9.59 Å². The van der Waals surface area contributed by atoms with Crippen LogP contribution in [-0.4, -0.2) is 33.2 Å². The maximum Gasteiger partial charge on any atom is 0.255 e. The van der Waals surface area contributed by atoms with Crippen molar-refractivity contribution in [1.29, 1.82) is 0 Å². The minimum atomic E-state index is -1.26. The third-order valence-electron chi connectivity index (χ3n) is 4.11. The second-order valence-corrected chi connectivity index (χ2v) is 5.82. The molecule has 1 aromatic heterocycles. The van der Waals surface area contributed by atoms with Crippen LogP contribution in [0.15, 0.2) is 42.9 Å². The smallest absolute Gasteiger partial charge is 0.255 e. The van der Waals surface area contributed by atoms with E-state index in [1.54, 1.807) is 24.3 Å². The van der Waals surface area contributed by atoms with Crippen LogP contribution in [0.25, 0.3) is 0 Å². The van der Waals surface area contributed by atoms with Crippen molar-refractivity contribution in [2.75, 3.05) is 6.54 Å². The number of primary amides is 1. The van der Waals surface area contributed by atoms with Gasteiger partial charge in [-0.1, -0.05) is 11.6 Å². The van der Waals surface area contributed by atoms with Crippen LogP contribution in [0, 0.1) is 0 Å². The van der Waals surface area contributed by atoms with Gasteiger partial charge in [0.15, 0.2) is 5.54 Å². The molecule has 3 rings (SSSR count). The van der Waals surface area contributed by atoms with Crippen molar-refractivity contribution in [1.82, 2.24) is 14.9 Å². The Balaban J connectivity index is 2.05. The highest BCUT2D eigenvalue weighted by Gasteiger charge is 2.51. The Morgan fingerprint density at radius 3 is 2.57 bits per heavy atom. The Bertz CT molecular complexity index is 736. The molecule has 0 saturated carbocycles. The summed E-state index contributed by atoms with van der Waals surface area (Å²) in [6, 6.07) is 6.54. The molecule has 1 aromatic carbocycles. The molecule has 0 radical (unpaired) electrons. The number of rotatable bonds is 3. The summed E-state index contributed by atoms with van der Waals surface area (Å²) >= 11 is 5.86. The predicted octanol–water partition coefficient (Wildman–Crippen LogP) is 1.75. The summed E-state index contributed by atoms with van der Waals surface area (Å²) in [6.45, 7) is 0.432. The van der Waals surface area contributed by atoms with E-state index in [1.807, 2.05) is 0 Å². The Morgan fingerprint density at radius 1 is 1.22 bits per heavy atom. The van der Waals surface area contributed by atoms with Crippen LogP contribution in [-0.2, 0) is 10.3 Å². The molecule has 6 nitrogen and oxygen atoms in total. The third kappa shape index (κ3) is 2.55. The van der Waals surface area contributed by atoms with E-state index in [1.165, 1.54) is 23.5 Å². The second-order valence-electron chi connectivity index (χ2n) is 5.38. The average Bonchev–Trinajstić information content (AvgIpc) is 3.02. The number of aromatic nitrogens is 2. The van der Waals surface area contributed by atoms with Gasteiger partial charge in [0.1, 0.15) is 0 Å². The molecule has 118 valence electrons. The summed E-state index contributed by atoms with van der Waals surface area (Å²) in [5.74, 6) is -0.874. The molecule has 1 aliphatic rings. The highest BCUT2D eigenvalue weighted by Crippen LogP contribution is 2.38. The minimum Gasteiger partial charge on any atom is -0.367 e. The maximum atomic E-state index is 12.9. The highest BCUT2D eigenvalue weighted by atomic mass is 35.5. The molecule has 1 unspecified atom stereocenters. The van der Waals surface area contributed by atoms with Gasteiger partial charge in [-0.05, 0) is 37.1 Å². The van der Waals surface area contributed by atoms with Crippen LogP contribution in [0.3, 0.4) is 0 Å². The third-order valence-corrected chi connectivity index (χ3v) is 4.36. The van der Waals surface area contributed by atoms with Crippen LogP contribution >= 0.6 is 11.6 Å². The average molecular weight is 331 g/mol. The number of hydrogen-bond donors (Lipinski definition) is 1. The molecular formula is C16H15ClN4O2. The molecule has 2 amide bonds. The lowest BCUT2D eigenvalue weighted by Crippen LogP contribution is -2.54. The van der Waals surface area contributed by atoms with Crippen molar-refractivity contribution in [2.45, 2.75) is 18.4 Å². The first-order valence-electron chi connectivity index (χ1n) is 7.19. The van der Waals surface area contributed by atoms with E-state index in [0.29, 0.717) is 35.7 Å². The molecule has 0 aliphatic carbocycles. The van der Waals surface area contributed by atoms with Crippen molar-refractivity contribution >= 4 is 23.4 Å². The van der Waals surface area contributed by atoms with Crippen molar-refractivity contribution in [3.05, 3.63) is 59.1 Å². The van der Waals surface area contributed by atoms with E-state index in [0.717, 1.165) is 0 Å². The lowest BCUT2D eigenvalue weighted by atomic mass is 9.90. The number of benzene rings is 1. The van der Waals surface area contributed by atoms with Crippen LogP contribution in [0.5, 0.6) is 0 Å².